The van der Waals surface area contributed by atoms with Gasteiger partial charge in [0.05, 0.1) is 19.3 Å². The zero-order chi connectivity index (χ0) is 22.9. The number of hydrogen-bond donors (Lipinski definition) is 0. The Morgan fingerprint density at radius 3 is 1.81 bits per heavy atom. The van der Waals surface area contributed by atoms with Crippen LogP contribution in [0.3, 0.4) is 0 Å². The Kier molecular flexibility index (Phi) is 8.18. The lowest BCUT2D eigenvalue weighted by molar-refractivity contribution is 0.148. The lowest BCUT2D eigenvalue weighted by Crippen LogP contribution is -2.67. The highest BCUT2D eigenvalue weighted by atomic mass is 28.4. The first-order chi connectivity index (χ1) is 15.5. The first-order valence-electron chi connectivity index (χ1n) is 10.9. The fraction of sp³-hybridized carbons (Fsp3) is 0.250. The predicted octanol–water partition coefficient (Wildman–Crippen LogP) is 5.23. The van der Waals surface area contributed by atoms with E-state index in [2.05, 4.69) is 51.1 Å². The molecule has 1 atom stereocenters. The zero-order valence-electron chi connectivity index (χ0n) is 19.1. The summed E-state index contributed by atoms with van der Waals surface area (Å²) in [4.78, 5) is 0. The van der Waals surface area contributed by atoms with E-state index < -0.39 is 14.4 Å². The Bertz CT molecular complexity index is 982. The van der Waals surface area contributed by atoms with Gasteiger partial charge >= 0.3 is 0 Å². The van der Waals surface area contributed by atoms with Crippen LogP contribution >= 0.6 is 0 Å². The fourth-order valence-electron chi connectivity index (χ4n) is 3.99. The molecule has 0 aliphatic carbocycles. The molecule has 3 rings (SSSR count). The van der Waals surface area contributed by atoms with Crippen LogP contribution in [0.25, 0.3) is 0 Å². The molecule has 3 nitrogen and oxygen atoms in total. The van der Waals surface area contributed by atoms with Gasteiger partial charge in [0.25, 0.3) is 8.32 Å². The van der Waals surface area contributed by atoms with Crippen molar-refractivity contribution in [3.05, 3.63) is 109 Å². The average molecular weight is 442 g/mol. The fourth-order valence-corrected chi connectivity index (χ4v) is 8.52. The molecule has 0 saturated carbocycles. The molecule has 0 amide bonds. The van der Waals surface area contributed by atoms with Crippen molar-refractivity contribution in [1.29, 1.82) is 5.26 Å². The third-order valence-corrected chi connectivity index (χ3v) is 10.5. The van der Waals surface area contributed by atoms with Gasteiger partial charge in [-0.15, -0.1) is 0 Å². The van der Waals surface area contributed by atoms with E-state index in [0.29, 0.717) is 13.2 Å². The summed E-state index contributed by atoms with van der Waals surface area (Å²) in [5.74, 6) is 0. The van der Waals surface area contributed by atoms with Crippen molar-refractivity contribution in [2.24, 2.45) is 0 Å². The molecule has 4 heteroatoms. The predicted molar refractivity (Wildman–Crippen MR) is 133 cm³/mol. The van der Waals surface area contributed by atoms with Gasteiger partial charge in [0, 0.05) is 0 Å². The van der Waals surface area contributed by atoms with Gasteiger partial charge in [-0.25, -0.2) is 0 Å². The van der Waals surface area contributed by atoms with Crippen molar-refractivity contribution in [3.63, 3.8) is 0 Å². The molecule has 0 aliphatic rings. The monoisotopic (exact) mass is 441 g/mol. The summed E-state index contributed by atoms with van der Waals surface area (Å²) < 4.78 is 12.6. The Balaban J connectivity index is 1.84. The highest BCUT2D eigenvalue weighted by molar-refractivity contribution is 6.99. The molecule has 32 heavy (non-hydrogen) atoms. The van der Waals surface area contributed by atoms with E-state index in [1.807, 2.05) is 78.9 Å². The lowest BCUT2D eigenvalue weighted by atomic mass is 10.2. The van der Waals surface area contributed by atoms with Crippen LogP contribution in [0.5, 0.6) is 0 Å². The molecule has 0 saturated heterocycles. The van der Waals surface area contributed by atoms with Crippen LogP contribution in [0.2, 0.25) is 5.04 Å². The first kappa shape index (κ1) is 23.7. The largest absolute Gasteiger partial charge is 0.389 e. The van der Waals surface area contributed by atoms with Crippen molar-refractivity contribution in [3.8, 4) is 6.07 Å². The van der Waals surface area contributed by atoms with Crippen molar-refractivity contribution < 1.29 is 9.16 Å². The van der Waals surface area contributed by atoms with Crippen molar-refractivity contribution in [1.82, 2.24) is 0 Å². The summed E-state index contributed by atoms with van der Waals surface area (Å²) in [7, 11) is -2.77. The van der Waals surface area contributed by atoms with Gasteiger partial charge in [-0.2, -0.15) is 5.26 Å². The Morgan fingerprint density at radius 2 is 1.34 bits per heavy atom. The molecule has 0 bridgehead atoms. The summed E-state index contributed by atoms with van der Waals surface area (Å²) in [5.41, 5.74) is 1.13. The number of nitriles is 1. The number of nitrogens with zero attached hydrogens (tertiary/aromatic N) is 1. The average Bonchev–Trinajstić information content (AvgIpc) is 2.82. The second-order valence-electron chi connectivity index (χ2n) is 8.76. The number of benzene rings is 3. The van der Waals surface area contributed by atoms with E-state index in [-0.39, 0.29) is 5.04 Å². The van der Waals surface area contributed by atoms with Crippen LogP contribution in [0.15, 0.2) is 103 Å². The molecular weight excluding hydrogens is 410 g/mol. The van der Waals surface area contributed by atoms with Gasteiger partial charge in [0.2, 0.25) is 0 Å². The summed E-state index contributed by atoms with van der Waals surface area (Å²) in [6.45, 7) is 7.59. The molecule has 0 aromatic heterocycles. The maximum Gasteiger partial charge on any atom is 0.263 e. The normalized spacial score (nSPS) is 13.1. The van der Waals surface area contributed by atoms with Crippen LogP contribution in [-0.4, -0.2) is 21.0 Å². The molecule has 0 N–H and O–H groups in total. The third-order valence-electron chi connectivity index (χ3n) is 5.48. The first-order valence-corrected chi connectivity index (χ1v) is 12.8. The number of hydrogen-bond acceptors (Lipinski definition) is 3. The summed E-state index contributed by atoms with van der Waals surface area (Å²) >= 11 is 0. The molecule has 0 fully saturated rings. The topological polar surface area (TPSA) is 42.2 Å². The van der Waals surface area contributed by atoms with Gasteiger partial charge in [-0.05, 0) is 27.1 Å². The van der Waals surface area contributed by atoms with E-state index in [0.717, 1.165) is 15.9 Å². The summed E-state index contributed by atoms with van der Waals surface area (Å²) in [5, 5.41) is 12.1. The minimum absolute atomic E-state index is 0.178. The highest BCUT2D eigenvalue weighted by Gasteiger charge is 2.51. The molecule has 0 unspecified atom stereocenters. The van der Waals surface area contributed by atoms with Gasteiger partial charge in [-0.1, -0.05) is 118 Å². The van der Waals surface area contributed by atoms with Crippen LogP contribution in [0, 0.1) is 11.3 Å². The van der Waals surface area contributed by atoms with Gasteiger partial charge in [0.1, 0.15) is 0 Å². The Hall–Kier alpha value is -2.97. The van der Waals surface area contributed by atoms with Crippen molar-refractivity contribution in [2.45, 2.75) is 38.5 Å². The second kappa shape index (κ2) is 11.1. The summed E-state index contributed by atoms with van der Waals surface area (Å²) in [6, 6.07) is 33.1. The Morgan fingerprint density at radius 1 is 0.844 bits per heavy atom. The maximum atomic E-state index is 9.94. The molecule has 164 valence electrons. The van der Waals surface area contributed by atoms with Gasteiger partial charge in [-0.3, -0.25) is 0 Å². The quantitative estimate of drug-likeness (QED) is 0.259. The van der Waals surface area contributed by atoms with Crippen LogP contribution in [0.4, 0.5) is 0 Å². The molecule has 0 aliphatic heterocycles. The number of rotatable bonds is 9. The lowest BCUT2D eigenvalue weighted by Gasteiger charge is -2.43. The van der Waals surface area contributed by atoms with Crippen LogP contribution < -0.4 is 10.4 Å². The van der Waals surface area contributed by atoms with E-state index in [9.17, 15) is 5.26 Å². The number of ether oxygens (including phenoxy) is 1. The molecule has 0 radical (unpaired) electrons. The highest BCUT2D eigenvalue weighted by Crippen LogP contribution is 2.37. The minimum atomic E-state index is -2.77. The molecule has 3 aromatic carbocycles. The van der Waals surface area contributed by atoms with E-state index in [4.69, 9.17) is 9.16 Å². The molecular formula is C28H31NO2Si. The van der Waals surface area contributed by atoms with Crippen LogP contribution in [0.1, 0.15) is 26.3 Å². The minimum Gasteiger partial charge on any atom is -0.389 e. The smallest absolute Gasteiger partial charge is 0.263 e. The van der Waals surface area contributed by atoms with Crippen LogP contribution in [-0.2, 0) is 15.8 Å². The van der Waals surface area contributed by atoms with E-state index >= 15 is 0 Å². The zero-order valence-corrected chi connectivity index (χ0v) is 20.1. The van der Waals surface area contributed by atoms with E-state index in [1.54, 1.807) is 0 Å². The van der Waals surface area contributed by atoms with E-state index in [1.165, 1.54) is 0 Å². The van der Waals surface area contributed by atoms with Gasteiger partial charge < -0.3 is 9.16 Å². The Labute approximate surface area is 193 Å². The van der Waals surface area contributed by atoms with Crippen molar-refractivity contribution >= 4 is 18.7 Å². The summed E-state index contributed by atoms with van der Waals surface area (Å²) in [6.07, 6.45) is 3.04. The molecule has 0 spiro atoms. The van der Waals surface area contributed by atoms with Gasteiger partial charge in [0.15, 0.2) is 6.10 Å². The van der Waals surface area contributed by atoms with Crippen molar-refractivity contribution in [2.75, 3.05) is 6.61 Å². The molecule has 3 aromatic rings. The maximum absolute atomic E-state index is 9.94. The SMILES string of the molecule is CC(C)(C)[Si](O[C@H](C#N)/C=C\COCc1ccccc1)(c1ccccc1)c1ccccc1. The second-order valence-corrected chi connectivity index (χ2v) is 13.0. The third kappa shape index (κ3) is 5.63. The molecule has 0 heterocycles. The standard InChI is InChI=1S/C28H31NO2Si/c1-28(2,3)32(26-17-9-5-10-18-26,27-19-11-6-12-20-27)31-25(22-29)16-13-21-30-23-24-14-7-4-8-15-24/h4-20,25H,21,23H2,1-3H3/b16-13-/t25-/m0/s1.